The van der Waals surface area contributed by atoms with Gasteiger partial charge in [-0.2, -0.15) is 0 Å². The molecule has 2 aromatic heterocycles. The Kier molecular flexibility index (Phi) is 10.0. The maximum atomic E-state index is 12.9. The molecule has 0 radical (unpaired) electrons. The number of ether oxygens (including phenoxy) is 1. The van der Waals surface area contributed by atoms with Crippen molar-refractivity contribution in [2.45, 2.75) is 75.6 Å². The van der Waals surface area contributed by atoms with Gasteiger partial charge in [-0.05, 0) is 112 Å². The van der Waals surface area contributed by atoms with Crippen LogP contribution in [-0.2, 0) is 23.3 Å². The Labute approximate surface area is 323 Å². The molecular formula is C44H46N4O8. The number of H-pyrrole nitrogens is 1. The predicted molar refractivity (Wildman–Crippen MR) is 213 cm³/mol. The van der Waals surface area contributed by atoms with Crippen molar-refractivity contribution in [3.63, 3.8) is 0 Å². The Bertz CT molecular complexity index is 2550. The maximum Gasteiger partial charge on any atom is 0.419 e. The van der Waals surface area contributed by atoms with E-state index in [0.29, 0.717) is 52.7 Å². The van der Waals surface area contributed by atoms with Gasteiger partial charge in [-0.1, -0.05) is 42.5 Å². The Morgan fingerprint density at radius 3 is 2.59 bits per heavy atom. The fourth-order valence-corrected chi connectivity index (χ4v) is 8.89. The smallest absolute Gasteiger partial charge is 0.419 e. The monoisotopic (exact) mass is 758 g/mol. The summed E-state index contributed by atoms with van der Waals surface area (Å²) >= 11 is 0. The first-order valence-electron chi connectivity index (χ1n) is 19.2. The van der Waals surface area contributed by atoms with Gasteiger partial charge in [0.1, 0.15) is 22.7 Å². The number of hydrogen-bond donors (Lipinski definition) is 5. The van der Waals surface area contributed by atoms with E-state index in [2.05, 4.69) is 28.3 Å². The number of pyridine rings is 1. The Morgan fingerprint density at radius 2 is 1.79 bits per heavy atom. The lowest BCUT2D eigenvalue weighted by atomic mass is 9.68. The van der Waals surface area contributed by atoms with Crippen LogP contribution in [0.2, 0.25) is 0 Å². The van der Waals surface area contributed by atoms with Crippen molar-refractivity contribution in [3.8, 4) is 17.2 Å². The first-order chi connectivity index (χ1) is 27.0. The fourth-order valence-electron chi connectivity index (χ4n) is 8.89. The highest BCUT2D eigenvalue weighted by Crippen LogP contribution is 2.52. The minimum atomic E-state index is -1.21. The van der Waals surface area contributed by atoms with E-state index in [-0.39, 0.29) is 29.3 Å². The Morgan fingerprint density at radius 1 is 1.00 bits per heavy atom. The van der Waals surface area contributed by atoms with Crippen LogP contribution in [0.3, 0.4) is 0 Å². The molecule has 5 N–H and O–H groups in total. The molecule has 0 bridgehead atoms. The topological polar surface area (TPSA) is 170 Å². The second-order valence-electron chi connectivity index (χ2n) is 15.3. The molecule has 0 saturated heterocycles. The molecule has 1 saturated carbocycles. The molecule has 6 aromatic rings. The van der Waals surface area contributed by atoms with E-state index < -0.39 is 23.2 Å². The van der Waals surface area contributed by atoms with Crippen LogP contribution in [0.1, 0.15) is 78.9 Å². The number of rotatable bonds is 12. The number of aromatic hydroxyl groups is 1. The number of oxazole rings is 1. The zero-order chi connectivity index (χ0) is 39.1. The minimum absolute atomic E-state index is 0.0623. The second-order valence-corrected chi connectivity index (χ2v) is 15.3. The molecule has 0 amide bonds. The number of aromatic nitrogens is 2. The number of nitrogens with one attached hydrogen (secondary N) is 2. The van der Waals surface area contributed by atoms with E-state index in [9.17, 15) is 29.7 Å². The molecule has 1 fully saturated rings. The highest BCUT2D eigenvalue weighted by Gasteiger charge is 2.47. The van der Waals surface area contributed by atoms with Crippen LogP contribution in [0.5, 0.6) is 17.2 Å². The number of carboxylic acids is 1. The zero-order valence-electron chi connectivity index (χ0n) is 31.5. The van der Waals surface area contributed by atoms with Gasteiger partial charge in [0.25, 0.3) is 0 Å². The Hall–Kier alpha value is -5.69. The largest absolute Gasteiger partial charge is 0.506 e. The fraction of sp³-hybridized carbons (Fsp3) is 0.341. The zero-order valence-corrected chi connectivity index (χ0v) is 31.5. The standard InChI is InChI=1S/C44H46N4O8/c1-44(42(52)53)32-8-3-4-9-36(32)55-37-10-5-7-29(40(37)44)27-12-14-28(15-13-27)47(2)21-6-22-48-33-18-11-26(23-38(33)56-43(48)54)24-45-25-35(50)30-16-19-34(49)41-31(30)17-20-39(51)46-41/h3-5,7-11,16-20,23,27-28,35,45,49-50H,6,12-15,21-22,24-25H2,1-2H3,(H,46,51)(H,52,53)/t27-,28-,35-,44?/m0/s1. The van der Waals surface area contributed by atoms with Gasteiger partial charge in [-0.15, -0.1) is 0 Å². The van der Waals surface area contributed by atoms with E-state index >= 15 is 0 Å². The first-order valence-corrected chi connectivity index (χ1v) is 19.2. The molecule has 8 rings (SSSR count). The molecule has 290 valence electrons. The number of fused-ring (bicyclic) bond motifs is 4. The third-order valence-corrected chi connectivity index (χ3v) is 11.9. The summed E-state index contributed by atoms with van der Waals surface area (Å²) in [4.78, 5) is 42.6. The number of nitrogens with zero attached hydrogens (tertiary/aromatic N) is 2. The molecule has 56 heavy (non-hydrogen) atoms. The number of phenols is 1. The summed E-state index contributed by atoms with van der Waals surface area (Å²) in [6.07, 6.45) is 3.74. The van der Waals surface area contributed by atoms with Gasteiger partial charge in [0.15, 0.2) is 5.58 Å². The molecule has 1 aliphatic heterocycles. The number of aromatic amines is 1. The van der Waals surface area contributed by atoms with Crippen molar-refractivity contribution in [1.82, 2.24) is 19.8 Å². The van der Waals surface area contributed by atoms with Gasteiger partial charge in [-0.25, -0.2) is 4.79 Å². The Balaban J connectivity index is 0.853. The lowest BCUT2D eigenvalue weighted by Gasteiger charge is -2.39. The maximum absolute atomic E-state index is 12.9. The van der Waals surface area contributed by atoms with Crippen molar-refractivity contribution < 1.29 is 29.3 Å². The van der Waals surface area contributed by atoms with Crippen molar-refractivity contribution >= 4 is 28.0 Å². The van der Waals surface area contributed by atoms with Gasteiger partial charge in [0, 0.05) is 48.3 Å². The van der Waals surface area contributed by atoms with Gasteiger partial charge >= 0.3 is 11.7 Å². The third kappa shape index (κ3) is 6.78. The molecule has 1 aliphatic carbocycles. The third-order valence-electron chi connectivity index (χ3n) is 11.9. The number of aliphatic carboxylic acids is 1. The normalized spacial score (nSPS) is 19.8. The number of phenolic OH excluding ortho intramolecular Hbond substituents is 1. The summed E-state index contributed by atoms with van der Waals surface area (Å²) < 4.78 is 13.6. The van der Waals surface area contributed by atoms with Crippen LogP contribution in [0.4, 0.5) is 0 Å². The molecule has 12 heteroatoms. The lowest BCUT2D eigenvalue weighted by molar-refractivity contribution is -0.141. The summed E-state index contributed by atoms with van der Waals surface area (Å²) in [5.41, 5.74) is 3.96. The summed E-state index contributed by atoms with van der Waals surface area (Å²) in [5, 5.41) is 35.4. The van der Waals surface area contributed by atoms with Gasteiger partial charge in [-0.3, -0.25) is 14.2 Å². The van der Waals surface area contributed by atoms with Gasteiger partial charge in [0.05, 0.1) is 17.1 Å². The minimum Gasteiger partial charge on any atom is -0.506 e. The lowest BCUT2D eigenvalue weighted by Crippen LogP contribution is -2.39. The highest BCUT2D eigenvalue weighted by molar-refractivity contribution is 5.90. The predicted octanol–water partition coefficient (Wildman–Crippen LogP) is 6.51. The van der Waals surface area contributed by atoms with Gasteiger partial charge in [0.2, 0.25) is 5.56 Å². The molecule has 2 aliphatic rings. The van der Waals surface area contributed by atoms with Crippen molar-refractivity contribution in [3.05, 3.63) is 134 Å². The number of carboxylic acid groups (broad SMARTS) is 1. The average molecular weight is 759 g/mol. The van der Waals surface area contributed by atoms with Crippen LogP contribution in [0, 0.1) is 0 Å². The van der Waals surface area contributed by atoms with E-state index in [0.717, 1.165) is 60.9 Å². The van der Waals surface area contributed by atoms with Crippen LogP contribution in [0.15, 0.2) is 98.9 Å². The molecule has 12 nitrogen and oxygen atoms in total. The quantitative estimate of drug-likeness (QED) is 0.0928. The number of aliphatic hydroxyl groups is 1. The number of para-hydroxylation sites is 1. The molecule has 4 aromatic carbocycles. The molecule has 2 atom stereocenters. The summed E-state index contributed by atoms with van der Waals surface area (Å²) in [5.74, 6) is 0.104. The van der Waals surface area contributed by atoms with E-state index in [1.54, 1.807) is 23.6 Å². The van der Waals surface area contributed by atoms with Crippen LogP contribution in [-0.4, -0.2) is 61.9 Å². The molecule has 3 heterocycles. The van der Waals surface area contributed by atoms with Crippen molar-refractivity contribution in [2.75, 3.05) is 20.1 Å². The number of carbonyl (C=O) groups is 1. The summed E-state index contributed by atoms with van der Waals surface area (Å²) in [6, 6.07) is 25.4. The molecule has 0 spiro atoms. The summed E-state index contributed by atoms with van der Waals surface area (Å²) in [6.45, 7) is 3.78. The SMILES string of the molecule is CN(CCCn1c(=O)oc2cc(CNC[C@H](O)c3ccc(O)c4[nH]c(=O)ccc34)ccc21)[C@H]1CC[C@H](c2cccc3c2C(C)(C(=O)O)c2ccccc2O3)CC1. The number of hydrogen-bond acceptors (Lipinski definition) is 9. The van der Waals surface area contributed by atoms with Crippen molar-refractivity contribution in [1.29, 1.82) is 0 Å². The summed E-state index contributed by atoms with van der Waals surface area (Å²) in [7, 11) is 2.14. The highest BCUT2D eigenvalue weighted by atomic mass is 16.5. The van der Waals surface area contributed by atoms with Crippen LogP contribution < -0.4 is 21.4 Å². The molecular weight excluding hydrogens is 713 g/mol. The van der Waals surface area contributed by atoms with Crippen LogP contribution in [0.25, 0.3) is 22.0 Å². The van der Waals surface area contributed by atoms with Crippen molar-refractivity contribution in [2.24, 2.45) is 0 Å². The second kappa shape index (κ2) is 15.1. The molecule has 1 unspecified atom stereocenters. The van der Waals surface area contributed by atoms with E-state index in [4.69, 9.17) is 9.15 Å². The first kappa shape index (κ1) is 37.2. The van der Waals surface area contributed by atoms with Gasteiger partial charge < -0.3 is 39.7 Å². The van der Waals surface area contributed by atoms with E-state index in [1.807, 2.05) is 54.6 Å². The van der Waals surface area contributed by atoms with Crippen LogP contribution >= 0.6 is 0 Å². The average Bonchev–Trinajstić information content (AvgIpc) is 3.51. The number of benzene rings is 4. The number of aryl methyl sites for hydroxylation is 1. The van der Waals surface area contributed by atoms with E-state index in [1.165, 1.54) is 12.1 Å². The number of aliphatic hydroxyl groups excluding tert-OH is 1.